The fourth-order valence-electron chi connectivity index (χ4n) is 11.3. The summed E-state index contributed by atoms with van der Waals surface area (Å²) in [6.45, 7) is 17.3. The molecule has 6 N–H and O–H groups in total. The van der Waals surface area contributed by atoms with Gasteiger partial charge in [0.05, 0.1) is 36.4 Å². The van der Waals surface area contributed by atoms with Gasteiger partial charge in [-0.15, -0.1) is 0 Å². The summed E-state index contributed by atoms with van der Waals surface area (Å²) in [6, 6.07) is 20.6. The van der Waals surface area contributed by atoms with Crippen LogP contribution in [0.3, 0.4) is 0 Å². The van der Waals surface area contributed by atoms with Gasteiger partial charge in [0.2, 0.25) is 11.8 Å². The second-order valence-electron chi connectivity index (χ2n) is 24.2. The number of nitrogens with one attached hydrogen (secondary N) is 3. The maximum atomic E-state index is 14.0. The molecule has 3 aromatic carbocycles. The molecule has 21 heteroatoms. The van der Waals surface area contributed by atoms with Crippen LogP contribution >= 0.6 is 0 Å². The fourth-order valence-corrected chi connectivity index (χ4v) is 11.3. The molecule has 4 aliphatic rings. The van der Waals surface area contributed by atoms with Crippen LogP contribution in [0.15, 0.2) is 109 Å². The number of hydrogen-bond donors (Lipinski definition) is 6. The molecule has 1 aliphatic carbocycles. The number of ether oxygens (including phenoxy) is 6. The van der Waals surface area contributed by atoms with Gasteiger partial charge in [0.15, 0.2) is 6.10 Å². The molecule has 0 radical (unpaired) electrons. The summed E-state index contributed by atoms with van der Waals surface area (Å²) >= 11 is 0. The first-order valence-electron chi connectivity index (χ1n) is 30.1. The molecule has 21 nitrogen and oxygen atoms in total. The molecule has 0 bridgehead atoms. The predicted octanol–water partition coefficient (Wildman–Crippen LogP) is 8.24. The van der Waals surface area contributed by atoms with Gasteiger partial charge in [0.25, 0.3) is 0 Å². The van der Waals surface area contributed by atoms with Crippen molar-refractivity contribution in [2.24, 2.45) is 17.8 Å². The Balaban J connectivity index is 0.877. The number of nitrogens with zero attached hydrogens (tertiary/aromatic N) is 2. The summed E-state index contributed by atoms with van der Waals surface area (Å²) in [4.78, 5) is 95.7. The van der Waals surface area contributed by atoms with Crippen molar-refractivity contribution in [1.82, 2.24) is 20.4 Å². The Labute approximate surface area is 509 Å². The number of fused-ring (bicyclic) bond motifs is 3. The third-order valence-corrected chi connectivity index (χ3v) is 16.6. The highest BCUT2D eigenvalue weighted by molar-refractivity contribution is 5.98. The summed E-state index contributed by atoms with van der Waals surface area (Å²) in [5.74, 6) is -3.45. The number of benzene rings is 3. The predicted molar refractivity (Wildman–Crippen MR) is 324 cm³/mol. The van der Waals surface area contributed by atoms with E-state index >= 15 is 0 Å². The van der Waals surface area contributed by atoms with E-state index in [9.17, 15) is 48.9 Å². The number of rotatable bonds is 20. The summed E-state index contributed by atoms with van der Waals surface area (Å²) in [6.07, 6.45) is 2.74. The number of hydrogen-bond acceptors (Lipinski definition) is 16. The van der Waals surface area contributed by atoms with E-state index in [1.165, 1.54) is 23.6 Å². The minimum Gasteiger partial charge on any atom is -0.457 e. The molecule has 7 rings (SSSR count). The van der Waals surface area contributed by atoms with Crippen LogP contribution in [0, 0.1) is 17.8 Å². The minimum absolute atomic E-state index is 0.00786. The number of cyclic esters (lactones) is 1. The molecule has 0 saturated carbocycles. The Morgan fingerprint density at radius 1 is 0.851 bits per heavy atom. The molecule has 0 spiro atoms. The standard InChI is InChI=1S/C66H87N5O16/c1-11-53(74)42(6)59-54(84-59)36-65(9,81)29-16-17-40(4)58-41(5)22-27-55(66(10,87-44(8)72)30-28-47(73)35-56(75)86-58)85-64(80)71-33-31-70(32-34-71)63(79)83-37-45-23-25-46(26-24-45)68-60(76)43(7)67-61(77)57(39(2)3)69-62(78)82-38-52-50-20-14-12-18-48(50)49-19-13-15-21-51(49)52/h12-27,29,39,41-43,47,52-55,57-59,73-74,81H,11,28,30-38H2,1-10H3,(H,67,77)(H,68,76)(H,69,78)/b27-22-,29-16+,40-17+/t41-,42+,43-,47+,53-,54+,55-,57-,58+,59+,65-,66+/m0/s1. The van der Waals surface area contributed by atoms with Crippen LogP contribution in [-0.2, 0) is 54.2 Å². The zero-order valence-corrected chi connectivity index (χ0v) is 51.6. The molecule has 2 saturated heterocycles. The summed E-state index contributed by atoms with van der Waals surface area (Å²) in [5, 5.41) is 40.6. The van der Waals surface area contributed by atoms with Gasteiger partial charge in [0.1, 0.15) is 37.0 Å². The topological polar surface area (TPSA) is 281 Å². The Hall–Kier alpha value is -7.59. The number of aliphatic hydroxyl groups excluding tert-OH is 2. The highest BCUT2D eigenvalue weighted by Gasteiger charge is 2.47. The van der Waals surface area contributed by atoms with Gasteiger partial charge >= 0.3 is 30.2 Å². The van der Waals surface area contributed by atoms with Crippen LogP contribution in [0.5, 0.6) is 0 Å². The average molecular weight is 1210 g/mol. The number of carbonyl (C=O) groups is 7. The van der Waals surface area contributed by atoms with Crippen molar-refractivity contribution in [3.63, 3.8) is 0 Å². The first kappa shape index (κ1) is 66.9. The molecular formula is C66H87N5O16. The maximum absolute atomic E-state index is 14.0. The van der Waals surface area contributed by atoms with Crippen molar-refractivity contribution < 1.29 is 77.3 Å². The first-order valence-corrected chi connectivity index (χ1v) is 30.1. The third kappa shape index (κ3) is 18.2. The van der Waals surface area contributed by atoms with Gasteiger partial charge < -0.3 is 69.5 Å². The van der Waals surface area contributed by atoms with Crippen LogP contribution in [0.2, 0.25) is 0 Å². The Morgan fingerprint density at radius 3 is 2.08 bits per heavy atom. The molecule has 3 aliphatic heterocycles. The quantitative estimate of drug-likeness (QED) is 0.0204. The number of anilines is 1. The van der Waals surface area contributed by atoms with Crippen LogP contribution in [0.1, 0.15) is 124 Å². The van der Waals surface area contributed by atoms with Crippen molar-refractivity contribution in [3.05, 3.63) is 125 Å². The summed E-state index contributed by atoms with van der Waals surface area (Å²) < 4.78 is 35.0. The average Bonchev–Trinajstić information content (AvgIpc) is 1.73. The smallest absolute Gasteiger partial charge is 0.410 e. The van der Waals surface area contributed by atoms with E-state index in [0.29, 0.717) is 29.7 Å². The van der Waals surface area contributed by atoms with E-state index < -0.39 is 95.7 Å². The molecule has 2 fully saturated rings. The van der Waals surface area contributed by atoms with Crippen LogP contribution in [0.25, 0.3) is 11.1 Å². The lowest BCUT2D eigenvalue weighted by atomic mass is 9.88. The monoisotopic (exact) mass is 1210 g/mol. The largest absolute Gasteiger partial charge is 0.457 e. The van der Waals surface area contributed by atoms with Gasteiger partial charge in [-0.3, -0.25) is 19.2 Å². The molecular weight excluding hydrogens is 1120 g/mol. The van der Waals surface area contributed by atoms with E-state index in [-0.39, 0.29) is 88.6 Å². The maximum Gasteiger partial charge on any atom is 0.410 e. The number of piperazine rings is 1. The number of amides is 5. The van der Waals surface area contributed by atoms with Crippen LogP contribution < -0.4 is 16.0 Å². The molecule has 472 valence electrons. The molecule has 0 unspecified atom stereocenters. The molecule has 0 aromatic heterocycles. The zero-order chi connectivity index (χ0) is 63.3. The van der Waals surface area contributed by atoms with Crippen molar-refractivity contribution >= 4 is 47.7 Å². The van der Waals surface area contributed by atoms with E-state index in [0.717, 1.165) is 22.3 Å². The first-order chi connectivity index (χ1) is 41.3. The number of carbonyl (C=O) groups excluding carboxylic acids is 7. The van der Waals surface area contributed by atoms with E-state index in [2.05, 4.69) is 16.0 Å². The zero-order valence-electron chi connectivity index (χ0n) is 51.6. The Kier molecular flexibility index (Phi) is 23.0. The van der Waals surface area contributed by atoms with Gasteiger partial charge in [-0.25, -0.2) is 14.4 Å². The highest BCUT2D eigenvalue weighted by Crippen LogP contribution is 2.45. The summed E-state index contributed by atoms with van der Waals surface area (Å²) in [7, 11) is 0. The Morgan fingerprint density at radius 2 is 1.47 bits per heavy atom. The molecule has 3 heterocycles. The summed E-state index contributed by atoms with van der Waals surface area (Å²) in [5.41, 5.74) is 3.24. The number of alkyl carbamates (subject to hydrolysis) is 1. The highest BCUT2D eigenvalue weighted by atomic mass is 16.6. The molecule has 5 amide bonds. The van der Waals surface area contributed by atoms with E-state index in [4.69, 9.17) is 28.4 Å². The van der Waals surface area contributed by atoms with E-state index in [1.807, 2.05) is 62.4 Å². The lowest BCUT2D eigenvalue weighted by molar-refractivity contribution is -0.168. The normalized spacial score (nSPS) is 24.9. The van der Waals surface area contributed by atoms with Crippen molar-refractivity contribution in [1.29, 1.82) is 0 Å². The minimum atomic E-state index is -1.48. The third-order valence-electron chi connectivity index (χ3n) is 16.6. The van der Waals surface area contributed by atoms with Crippen LogP contribution in [-0.4, -0.2) is 160 Å². The van der Waals surface area contributed by atoms with E-state index in [1.54, 1.807) is 96.2 Å². The van der Waals surface area contributed by atoms with Crippen molar-refractivity contribution in [3.8, 4) is 11.1 Å². The fraction of sp³-hybridized carbons (Fsp3) is 0.530. The van der Waals surface area contributed by atoms with Gasteiger partial charge in [-0.05, 0) is 104 Å². The van der Waals surface area contributed by atoms with Gasteiger partial charge in [0, 0.05) is 63.0 Å². The number of aliphatic hydroxyl groups is 3. The SMILES string of the molecule is CC[C@H](O)[C@@H](C)[C@H]1O[C@@H]1C[C@@](C)(O)/C=C/C=C(\C)[C@H]1OC(=O)C[C@H](O)CC[C@@](C)(OC(C)=O)[C@@H](OC(=O)N2CCN(C(=O)OCc3ccc(NC(=O)[C@H](C)NC(=O)[C@@H](NC(=O)OCC4c5ccccc5-c5ccccc54)C(C)C)cc3)CC2)/C=C\[C@@H]1C. The molecule has 3 aromatic rings. The van der Waals surface area contributed by atoms with Crippen molar-refractivity contribution in [2.45, 2.75) is 174 Å². The Bertz CT molecular complexity index is 2960. The lowest BCUT2D eigenvalue weighted by Gasteiger charge is -2.38. The van der Waals surface area contributed by atoms with Gasteiger partial charge in [-0.1, -0.05) is 120 Å². The lowest BCUT2D eigenvalue weighted by Crippen LogP contribution is -2.53. The van der Waals surface area contributed by atoms with Gasteiger partial charge in [-0.2, -0.15) is 0 Å². The number of esters is 2. The second kappa shape index (κ2) is 29.9. The number of allylic oxidation sites excluding steroid dienone is 2. The number of epoxide rings is 1. The molecule has 12 atom stereocenters. The molecule has 87 heavy (non-hydrogen) atoms. The van der Waals surface area contributed by atoms with Crippen molar-refractivity contribution in [2.75, 3.05) is 38.1 Å². The second-order valence-corrected chi connectivity index (χ2v) is 24.2. The van der Waals surface area contributed by atoms with Crippen LogP contribution in [0.4, 0.5) is 20.1 Å².